The van der Waals surface area contributed by atoms with E-state index in [2.05, 4.69) is 10.4 Å². The number of anilines is 1. The van der Waals surface area contributed by atoms with Crippen molar-refractivity contribution in [2.24, 2.45) is 0 Å². The van der Waals surface area contributed by atoms with Crippen molar-refractivity contribution < 1.29 is 4.39 Å². The summed E-state index contributed by atoms with van der Waals surface area (Å²) in [6.45, 7) is 2.48. The van der Waals surface area contributed by atoms with Crippen molar-refractivity contribution in [2.75, 3.05) is 5.32 Å². The van der Waals surface area contributed by atoms with Crippen LogP contribution in [-0.4, -0.2) is 9.78 Å². The molecule has 21 heavy (non-hydrogen) atoms. The molecule has 0 amide bonds. The Morgan fingerprint density at radius 3 is 2.71 bits per heavy atom. The van der Waals surface area contributed by atoms with Crippen LogP contribution in [0.25, 0.3) is 5.69 Å². The van der Waals surface area contributed by atoms with Crippen LogP contribution in [0, 0.1) is 12.7 Å². The van der Waals surface area contributed by atoms with E-state index in [0.29, 0.717) is 6.54 Å². The molecule has 1 aromatic heterocycles. The van der Waals surface area contributed by atoms with E-state index in [1.165, 1.54) is 12.1 Å². The van der Waals surface area contributed by atoms with Crippen LogP contribution in [0.2, 0.25) is 0 Å². The highest BCUT2D eigenvalue weighted by molar-refractivity contribution is 5.46. The summed E-state index contributed by atoms with van der Waals surface area (Å²) in [5.41, 5.74) is 3.74. The second-order valence-corrected chi connectivity index (χ2v) is 5.00. The molecular weight excluding hydrogens is 265 g/mol. The zero-order valence-electron chi connectivity index (χ0n) is 11.8. The Labute approximate surface area is 123 Å². The fraction of sp³-hybridized carbons (Fsp3) is 0.118. The fourth-order valence-corrected chi connectivity index (χ4v) is 2.22. The van der Waals surface area contributed by atoms with Crippen molar-refractivity contribution in [3.05, 3.63) is 77.9 Å². The van der Waals surface area contributed by atoms with Crippen LogP contribution in [0.3, 0.4) is 0 Å². The maximum Gasteiger partial charge on any atom is 0.125 e. The van der Waals surface area contributed by atoms with Crippen LogP contribution in [0.5, 0.6) is 0 Å². The molecule has 3 nitrogen and oxygen atoms in total. The maximum absolute atomic E-state index is 13.3. The summed E-state index contributed by atoms with van der Waals surface area (Å²) < 4.78 is 15.2. The Morgan fingerprint density at radius 1 is 1.14 bits per heavy atom. The number of hydrogen-bond acceptors (Lipinski definition) is 2. The first-order chi connectivity index (χ1) is 10.2. The summed E-state index contributed by atoms with van der Waals surface area (Å²) in [5.74, 6) is -0.225. The smallest absolute Gasteiger partial charge is 0.125 e. The molecule has 106 valence electrons. The lowest BCUT2D eigenvalue weighted by Crippen LogP contribution is -1.99. The summed E-state index contributed by atoms with van der Waals surface area (Å²) in [6.07, 6.45) is 3.78. The van der Waals surface area contributed by atoms with Gasteiger partial charge < -0.3 is 5.32 Å². The minimum Gasteiger partial charge on any atom is -0.381 e. The third kappa shape index (κ3) is 3.28. The van der Waals surface area contributed by atoms with Crippen molar-refractivity contribution in [1.29, 1.82) is 0 Å². The predicted molar refractivity (Wildman–Crippen MR) is 82.0 cm³/mol. The molecule has 0 aliphatic heterocycles. The van der Waals surface area contributed by atoms with Gasteiger partial charge in [0.1, 0.15) is 5.82 Å². The SMILES string of the molecule is Cc1cc(F)cc(NCc2cnn(-c3ccccc3)c2)c1. The minimum atomic E-state index is -0.225. The van der Waals surface area contributed by atoms with E-state index in [4.69, 9.17) is 0 Å². The summed E-state index contributed by atoms with van der Waals surface area (Å²) in [6, 6.07) is 14.9. The predicted octanol–water partition coefficient (Wildman–Crippen LogP) is 3.93. The molecule has 0 atom stereocenters. The lowest BCUT2D eigenvalue weighted by Gasteiger charge is -2.06. The number of hydrogen-bond donors (Lipinski definition) is 1. The minimum absolute atomic E-state index is 0.225. The van der Waals surface area contributed by atoms with E-state index in [-0.39, 0.29) is 5.82 Å². The van der Waals surface area contributed by atoms with Crippen LogP contribution in [-0.2, 0) is 6.54 Å². The number of nitrogens with zero attached hydrogens (tertiary/aromatic N) is 2. The topological polar surface area (TPSA) is 29.9 Å². The first-order valence-electron chi connectivity index (χ1n) is 6.81. The highest BCUT2D eigenvalue weighted by Gasteiger charge is 2.02. The molecule has 0 radical (unpaired) electrons. The van der Waals surface area contributed by atoms with Gasteiger partial charge in [0.15, 0.2) is 0 Å². The molecule has 3 rings (SSSR count). The standard InChI is InChI=1S/C17H16FN3/c1-13-7-15(18)9-16(8-13)19-10-14-11-20-21(12-14)17-5-3-2-4-6-17/h2-9,11-12,19H,10H2,1H3. The Hall–Kier alpha value is -2.62. The van der Waals surface area contributed by atoms with E-state index in [1.54, 1.807) is 0 Å². The molecule has 0 saturated heterocycles. The summed E-state index contributed by atoms with van der Waals surface area (Å²) in [5, 5.41) is 7.55. The molecule has 0 fully saturated rings. The van der Waals surface area contributed by atoms with Gasteiger partial charge in [0.25, 0.3) is 0 Å². The molecule has 0 unspecified atom stereocenters. The van der Waals surface area contributed by atoms with Gasteiger partial charge in [-0.25, -0.2) is 9.07 Å². The zero-order valence-corrected chi connectivity index (χ0v) is 11.8. The first-order valence-corrected chi connectivity index (χ1v) is 6.81. The van der Waals surface area contributed by atoms with Gasteiger partial charge in [0.2, 0.25) is 0 Å². The Kier molecular flexibility index (Phi) is 3.69. The van der Waals surface area contributed by atoms with Crippen LogP contribution in [0.4, 0.5) is 10.1 Å². The average molecular weight is 281 g/mol. The van der Waals surface area contributed by atoms with E-state index in [9.17, 15) is 4.39 Å². The van der Waals surface area contributed by atoms with Crippen molar-refractivity contribution in [3.8, 4) is 5.69 Å². The van der Waals surface area contributed by atoms with Crippen LogP contribution in [0.15, 0.2) is 60.9 Å². The van der Waals surface area contributed by atoms with E-state index in [1.807, 2.05) is 60.4 Å². The highest BCUT2D eigenvalue weighted by Crippen LogP contribution is 2.15. The maximum atomic E-state index is 13.3. The second kappa shape index (κ2) is 5.79. The van der Waals surface area contributed by atoms with Gasteiger partial charge in [0, 0.05) is 24.0 Å². The van der Waals surface area contributed by atoms with Crippen LogP contribution < -0.4 is 5.32 Å². The second-order valence-electron chi connectivity index (χ2n) is 5.00. The molecule has 4 heteroatoms. The molecule has 1 N–H and O–H groups in total. The van der Waals surface area contributed by atoms with Crippen molar-refractivity contribution >= 4 is 5.69 Å². The Balaban J connectivity index is 1.70. The quantitative estimate of drug-likeness (QED) is 0.785. The van der Waals surface area contributed by atoms with Gasteiger partial charge in [-0.1, -0.05) is 18.2 Å². The van der Waals surface area contributed by atoms with Crippen molar-refractivity contribution in [3.63, 3.8) is 0 Å². The molecule has 1 heterocycles. The van der Waals surface area contributed by atoms with Gasteiger partial charge >= 0.3 is 0 Å². The molecule has 3 aromatic rings. The number of aryl methyl sites for hydroxylation is 1. The monoisotopic (exact) mass is 281 g/mol. The Morgan fingerprint density at radius 2 is 1.95 bits per heavy atom. The third-order valence-corrected chi connectivity index (χ3v) is 3.20. The molecule has 0 aliphatic rings. The first kappa shape index (κ1) is 13.4. The third-order valence-electron chi connectivity index (χ3n) is 3.20. The van der Waals surface area contributed by atoms with Gasteiger partial charge in [0.05, 0.1) is 11.9 Å². The number of benzene rings is 2. The van der Waals surface area contributed by atoms with Crippen molar-refractivity contribution in [1.82, 2.24) is 9.78 Å². The van der Waals surface area contributed by atoms with Crippen LogP contribution in [0.1, 0.15) is 11.1 Å². The van der Waals surface area contributed by atoms with Gasteiger partial charge in [-0.2, -0.15) is 5.10 Å². The number of para-hydroxylation sites is 1. The average Bonchev–Trinajstić information content (AvgIpc) is 2.94. The van der Waals surface area contributed by atoms with Gasteiger partial charge in [-0.05, 0) is 42.8 Å². The van der Waals surface area contributed by atoms with E-state index < -0.39 is 0 Å². The molecule has 0 saturated carbocycles. The molecule has 0 bridgehead atoms. The molecule has 0 aliphatic carbocycles. The highest BCUT2D eigenvalue weighted by atomic mass is 19.1. The fourth-order valence-electron chi connectivity index (χ4n) is 2.22. The van der Waals surface area contributed by atoms with Crippen molar-refractivity contribution in [2.45, 2.75) is 13.5 Å². The van der Waals surface area contributed by atoms with Gasteiger partial charge in [-0.3, -0.25) is 0 Å². The normalized spacial score (nSPS) is 10.6. The molecule has 2 aromatic carbocycles. The summed E-state index contributed by atoms with van der Waals surface area (Å²) >= 11 is 0. The van der Waals surface area contributed by atoms with E-state index in [0.717, 1.165) is 22.5 Å². The lowest BCUT2D eigenvalue weighted by atomic mass is 10.2. The molecular formula is C17H16FN3. The Bertz CT molecular complexity index is 715. The van der Waals surface area contributed by atoms with Gasteiger partial charge in [-0.15, -0.1) is 0 Å². The number of halogens is 1. The number of nitrogens with one attached hydrogen (secondary N) is 1. The largest absolute Gasteiger partial charge is 0.381 e. The summed E-state index contributed by atoms with van der Waals surface area (Å²) in [4.78, 5) is 0. The molecule has 0 spiro atoms. The van der Waals surface area contributed by atoms with Crippen LogP contribution >= 0.6 is 0 Å². The summed E-state index contributed by atoms with van der Waals surface area (Å²) in [7, 11) is 0. The lowest BCUT2D eigenvalue weighted by molar-refractivity contribution is 0.627. The number of rotatable bonds is 4. The number of aromatic nitrogens is 2. The van der Waals surface area contributed by atoms with E-state index >= 15 is 0 Å². The zero-order chi connectivity index (χ0) is 14.7.